The molecule has 2 aromatic rings. The molecule has 0 saturated heterocycles. The van der Waals surface area contributed by atoms with Gasteiger partial charge in [0.25, 0.3) is 0 Å². The first-order valence-electron chi connectivity index (χ1n) is 7.28. The van der Waals surface area contributed by atoms with Gasteiger partial charge in [-0.15, -0.1) is 6.58 Å². The molecule has 3 heterocycles. The summed E-state index contributed by atoms with van der Waals surface area (Å²) in [4.78, 5) is 13.5. The molecule has 0 N–H and O–H groups in total. The van der Waals surface area contributed by atoms with E-state index in [0.717, 1.165) is 38.5 Å². The molecule has 3 rings (SSSR count). The monoisotopic (exact) mass is 280 g/mol. The number of pyridine rings is 2. The Hall–Kier alpha value is -2.20. The Labute approximate surface area is 125 Å². The standard InChI is InChI=1S/C17H20N4/c1-2-9-21-11-10-20(13-15-5-3-7-18-12-15)14-16-6-4-8-19-17(16)21/h2-8,12H,1,9-11,13-14H2. The molecule has 0 aliphatic carbocycles. The number of nitrogens with zero attached hydrogens (tertiary/aromatic N) is 4. The lowest BCUT2D eigenvalue weighted by Gasteiger charge is -2.22. The average Bonchev–Trinajstić information content (AvgIpc) is 2.69. The zero-order valence-electron chi connectivity index (χ0n) is 12.2. The Morgan fingerprint density at radius 3 is 2.90 bits per heavy atom. The van der Waals surface area contributed by atoms with Gasteiger partial charge in [-0.05, 0) is 17.7 Å². The van der Waals surface area contributed by atoms with Crippen LogP contribution < -0.4 is 4.90 Å². The summed E-state index contributed by atoms with van der Waals surface area (Å²) in [5.74, 6) is 1.09. The van der Waals surface area contributed by atoms with E-state index in [2.05, 4.69) is 38.5 Å². The minimum absolute atomic E-state index is 0.838. The van der Waals surface area contributed by atoms with Crippen molar-refractivity contribution in [1.82, 2.24) is 14.9 Å². The van der Waals surface area contributed by atoms with Crippen molar-refractivity contribution in [3.05, 3.63) is 66.6 Å². The Kier molecular flexibility index (Phi) is 4.26. The largest absolute Gasteiger partial charge is 0.351 e. The van der Waals surface area contributed by atoms with Crippen molar-refractivity contribution in [3.8, 4) is 0 Å². The lowest BCUT2D eigenvalue weighted by atomic mass is 10.2. The van der Waals surface area contributed by atoms with E-state index in [1.807, 2.05) is 36.8 Å². The first-order valence-corrected chi connectivity index (χ1v) is 7.28. The van der Waals surface area contributed by atoms with Crippen molar-refractivity contribution in [2.75, 3.05) is 24.5 Å². The Bertz CT molecular complexity index is 597. The Morgan fingerprint density at radius 1 is 1.19 bits per heavy atom. The average molecular weight is 280 g/mol. The zero-order chi connectivity index (χ0) is 14.5. The highest BCUT2D eigenvalue weighted by molar-refractivity contribution is 5.48. The predicted octanol–water partition coefficient (Wildman–Crippen LogP) is 2.48. The molecule has 21 heavy (non-hydrogen) atoms. The van der Waals surface area contributed by atoms with Crippen molar-refractivity contribution in [3.63, 3.8) is 0 Å². The van der Waals surface area contributed by atoms with E-state index in [4.69, 9.17) is 0 Å². The van der Waals surface area contributed by atoms with E-state index in [0.29, 0.717) is 0 Å². The van der Waals surface area contributed by atoms with E-state index >= 15 is 0 Å². The van der Waals surface area contributed by atoms with Gasteiger partial charge in [-0.1, -0.05) is 18.2 Å². The molecule has 0 atom stereocenters. The second kappa shape index (κ2) is 6.50. The number of anilines is 1. The van der Waals surface area contributed by atoms with Crippen molar-refractivity contribution in [2.24, 2.45) is 0 Å². The summed E-state index contributed by atoms with van der Waals surface area (Å²) in [6.45, 7) is 8.52. The van der Waals surface area contributed by atoms with Gasteiger partial charge >= 0.3 is 0 Å². The number of rotatable bonds is 4. The highest BCUT2D eigenvalue weighted by Crippen LogP contribution is 2.23. The molecule has 0 bridgehead atoms. The van der Waals surface area contributed by atoms with Crippen LogP contribution in [-0.4, -0.2) is 34.5 Å². The lowest BCUT2D eigenvalue weighted by molar-refractivity contribution is 0.268. The molecule has 1 aliphatic heterocycles. The molecule has 4 nitrogen and oxygen atoms in total. The first kappa shape index (κ1) is 13.8. The molecule has 0 aromatic carbocycles. The molecule has 4 heteroatoms. The van der Waals surface area contributed by atoms with Crippen LogP contribution in [0.25, 0.3) is 0 Å². The summed E-state index contributed by atoms with van der Waals surface area (Å²) in [6.07, 6.45) is 7.56. The molecule has 0 radical (unpaired) electrons. The van der Waals surface area contributed by atoms with Gasteiger partial charge in [0, 0.05) is 56.9 Å². The van der Waals surface area contributed by atoms with Crippen LogP contribution in [0.4, 0.5) is 5.82 Å². The summed E-state index contributed by atoms with van der Waals surface area (Å²) in [6, 6.07) is 8.30. The fraction of sp³-hybridized carbons (Fsp3) is 0.294. The van der Waals surface area contributed by atoms with E-state index < -0.39 is 0 Å². The summed E-state index contributed by atoms with van der Waals surface area (Å²) < 4.78 is 0. The van der Waals surface area contributed by atoms with Gasteiger partial charge < -0.3 is 4.90 Å². The number of hydrogen-bond acceptors (Lipinski definition) is 4. The zero-order valence-corrected chi connectivity index (χ0v) is 12.2. The molecular weight excluding hydrogens is 260 g/mol. The van der Waals surface area contributed by atoms with Crippen molar-refractivity contribution < 1.29 is 0 Å². The molecule has 0 unspecified atom stereocenters. The topological polar surface area (TPSA) is 32.3 Å². The SMILES string of the molecule is C=CCN1CCN(Cc2cccnc2)Cc2cccnc21. The summed E-state index contributed by atoms with van der Waals surface area (Å²) in [5, 5.41) is 0. The minimum Gasteiger partial charge on any atom is -0.351 e. The van der Waals surface area contributed by atoms with Crippen LogP contribution in [0, 0.1) is 0 Å². The summed E-state index contributed by atoms with van der Waals surface area (Å²) >= 11 is 0. The maximum Gasteiger partial charge on any atom is 0.133 e. The Morgan fingerprint density at radius 2 is 2.10 bits per heavy atom. The van der Waals surface area contributed by atoms with Crippen LogP contribution in [0.15, 0.2) is 55.5 Å². The van der Waals surface area contributed by atoms with Crippen LogP contribution in [0.5, 0.6) is 0 Å². The molecular formula is C17H20N4. The fourth-order valence-electron chi connectivity index (χ4n) is 2.74. The molecule has 2 aromatic heterocycles. The first-order chi connectivity index (χ1) is 10.4. The third kappa shape index (κ3) is 3.28. The van der Waals surface area contributed by atoms with Crippen molar-refractivity contribution in [2.45, 2.75) is 13.1 Å². The van der Waals surface area contributed by atoms with Crippen LogP contribution in [0.1, 0.15) is 11.1 Å². The maximum absolute atomic E-state index is 4.56. The second-order valence-electron chi connectivity index (χ2n) is 5.29. The predicted molar refractivity (Wildman–Crippen MR) is 85.0 cm³/mol. The third-order valence-corrected chi connectivity index (χ3v) is 3.73. The summed E-state index contributed by atoms with van der Waals surface area (Å²) in [7, 11) is 0. The van der Waals surface area contributed by atoms with Gasteiger partial charge in [0.1, 0.15) is 5.82 Å². The normalized spacial score (nSPS) is 15.3. The molecule has 108 valence electrons. The van der Waals surface area contributed by atoms with Gasteiger partial charge in [0.2, 0.25) is 0 Å². The molecule has 0 spiro atoms. The van der Waals surface area contributed by atoms with E-state index in [9.17, 15) is 0 Å². The van der Waals surface area contributed by atoms with Crippen LogP contribution in [0.2, 0.25) is 0 Å². The van der Waals surface area contributed by atoms with Crippen molar-refractivity contribution >= 4 is 5.82 Å². The maximum atomic E-state index is 4.56. The molecule has 0 amide bonds. The van der Waals surface area contributed by atoms with Gasteiger partial charge in [-0.3, -0.25) is 9.88 Å². The van der Waals surface area contributed by atoms with Crippen molar-refractivity contribution in [1.29, 1.82) is 0 Å². The van der Waals surface area contributed by atoms with Gasteiger partial charge in [-0.25, -0.2) is 4.98 Å². The number of aromatic nitrogens is 2. The number of fused-ring (bicyclic) bond motifs is 1. The quantitative estimate of drug-likeness (QED) is 0.805. The van der Waals surface area contributed by atoms with Crippen LogP contribution in [0.3, 0.4) is 0 Å². The van der Waals surface area contributed by atoms with Crippen LogP contribution >= 0.6 is 0 Å². The fourth-order valence-corrected chi connectivity index (χ4v) is 2.74. The minimum atomic E-state index is 0.838. The highest BCUT2D eigenvalue weighted by Gasteiger charge is 2.19. The highest BCUT2D eigenvalue weighted by atomic mass is 15.2. The van der Waals surface area contributed by atoms with Gasteiger partial charge in [-0.2, -0.15) is 0 Å². The van der Waals surface area contributed by atoms with Gasteiger partial charge in [0.15, 0.2) is 0 Å². The van der Waals surface area contributed by atoms with E-state index in [-0.39, 0.29) is 0 Å². The lowest BCUT2D eigenvalue weighted by Crippen LogP contribution is -2.31. The molecule has 0 fully saturated rings. The van der Waals surface area contributed by atoms with Crippen LogP contribution in [-0.2, 0) is 13.1 Å². The van der Waals surface area contributed by atoms with Gasteiger partial charge in [0.05, 0.1) is 0 Å². The molecule has 1 aliphatic rings. The summed E-state index contributed by atoms with van der Waals surface area (Å²) in [5.41, 5.74) is 2.53. The van der Waals surface area contributed by atoms with E-state index in [1.165, 1.54) is 11.1 Å². The smallest absolute Gasteiger partial charge is 0.133 e. The van der Waals surface area contributed by atoms with E-state index in [1.54, 1.807) is 0 Å². The number of hydrogen-bond donors (Lipinski definition) is 0. The third-order valence-electron chi connectivity index (χ3n) is 3.73. The Balaban J connectivity index is 1.80. The molecule has 0 saturated carbocycles. The second-order valence-corrected chi connectivity index (χ2v) is 5.29.